The number of carbonyl (C=O) groups is 1. The van der Waals surface area contributed by atoms with Crippen LogP contribution in [-0.4, -0.2) is 11.4 Å². The summed E-state index contributed by atoms with van der Waals surface area (Å²) in [6.07, 6.45) is 0.886. The normalized spacial score (nSPS) is 16.0. The minimum Gasteiger partial charge on any atom is -0.370 e. The average molecular weight is 299 g/mol. The quantitative estimate of drug-likeness (QED) is 0.877. The Morgan fingerprint density at radius 3 is 2.59 bits per heavy atom. The Kier molecular flexibility index (Phi) is 4.57. The molecule has 0 aliphatic rings. The van der Waals surface area contributed by atoms with Crippen LogP contribution in [0.15, 0.2) is 28.7 Å². The summed E-state index contributed by atoms with van der Waals surface area (Å²) >= 11 is 3.45. The van der Waals surface area contributed by atoms with Crippen molar-refractivity contribution in [3.05, 3.63) is 28.7 Å². The Bertz CT molecular complexity index is 408. The van der Waals surface area contributed by atoms with Gasteiger partial charge in [-0.05, 0) is 40.9 Å². The highest BCUT2D eigenvalue weighted by Gasteiger charge is 2.36. The molecule has 0 aliphatic heterocycles. The van der Waals surface area contributed by atoms with Crippen molar-refractivity contribution in [2.45, 2.75) is 32.7 Å². The van der Waals surface area contributed by atoms with Gasteiger partial charge in [-0.1, -0.05) is 32.4 Å². The lowest BCUT2D eigenvalue weighted by atomic mass is 9.84. The van der Waals surface area contributed by atoms with Crippen LogP contribution >= 0.6 is 15.9 Å². The van der Waals surface area contributed by atoms with Gasteiger partial charge in [-0.2, -0.15) is 0 Å². The van der Waals surface area contributed by atoms with Crippen molar-refractivity contribution in [1.82, 2.24) is 0 Å². The first kappa shape index (κ1) is 14.0. The molecule has 0 heterocycles. The number of nitrogens with two attached hydrogens (primary N) is 1. The van der Waals surface area contributed by atoms with Gasteiger partial charge in [0.15, 0.2) is 0 Å². The lowest BCUT2D eigenvalue weighted by Gasteiger charge is -2.34. The predicted octanol–water partition coefficient (Wildman–Crippen LogP) is 3.15. The van der Waals surface area contributed by atoms with Crippen LogP contribution in [0.3, 0.4) is 0 Å². The molecule has 2 unspecified atom stereocenters. The third kappa shape index (κ3) is 3.00. The third-order valence-electron chi connectivity index (χ3n) is 3.38. The number of hydrogen-bond donors (Lipinski definition) is 2. The number of nitrogens with one attached hydrogen (secondary N) is 1. The van der Waals surface area contributed by atoms with Crippen molar-refractivity contribution < 1.29 is 4.79 Å². The van der Waals surface area contributed by atoms with Gasteiger partial charge in [0.25, 0.3) is 0 Å². The Balaban J connectivity index is 3.03. The van der Waals surface area contributed by atoms with E-state index in [1.165, 1.54) is 0 Å². The highest BCUT2D eigenvalue weighted by molar-refractivity contribution is 9.10. The number of halogens is 1. The molecule has 0 bridgehead atoms. The summed E-state index contributed by atoms with van der Waals surface area (Å²) in [5, 5.41) is 3.25. The minimum atomic E-state index is -0.737. The summed E-state index contributed by atoms with van der Waals surface area (Å²) in [6, 6.07) is 7.71. The molecule has 3 nitrogen and oxygen atoms in total. The molecule has 1 rings (SSSR count). The van der Waals surface area contributed by atoms with Crippen molar-refractivity contribution in [3.63, 3.8) is 0 Å². The standard InChI is InChI=1S/C13H19BrN2O/c1-4-9(2)13(3,12(15)17)16-11-8-6-5-7-10(11)14/h5-9,16H,4H2,1-3H3,(H2,15,17). The number of primary amides is 1. The van der Waals surface area contributed by atoms with E-state index < -0.39 is 5.54 Å². The Morgan fingerprint density at radius 2 is 2.12 bits per heavy atom. The van der Waals surface area contributed by atoms with E-state index in [4.69, 9.17) is 5.73 Å². The minimum absolute atomic E-state index is 0.159. The zero-order valence-electron chi connectivity index (χ0n) is 10.5. The fourth-order valence-corrected chi connectivity index (χ4v) is 2.06. The fourth-order valence-electron chi connectivity index (χ4n) is 1.68. The first-order valence-electron chi connectivity index (χ1n) is 5.74. The molecule has 0 aliphatic carbocycles. The van der Waals surface area contributed by atoms with Crippen LogP contribution in [0.5, 0.6) is 0 Å². The van der Waals surface area contributed by atoms with Crippen molar-refractivity contribution in [2.75, 3.05) is 5.32 Å². The van der Waals surface area contributed by atoms with Crippen LogP contribution in [0, 0.1) is 5.92 Å². The predicted molar refractivity (Wildman–Crippen MR) is 74.8 cm³/mol. The summed E-state index contributed by atoms with van der Waals surface area (Å²) in [5.41, 5.74) is 5.67. The van der Waals surface area contributed by atoms with Crippen LogP contribution in [0.2, 0.25) is 0 Å². The summed E-state index contributed by atoms with van der Waals surface area (Å²) in [4.78, 5) is 11.7. The monoisotopic (exact) mass is 298 g/mol. The SMILES string of the molecule is CCC(C)C(C)(Nc1ccccc1Br)C(N)=O. The van der Waals surface area contributed by atoms with Crippen molar-refractivity contribution in [3.8, 4) is 0 Å². The number of anilines is 1. The summed E-state index contributed by atoms with van der Waals surface area (Å²) in [5.74, 6) is -0.172. The second kappa shape index (κ2) is 5.54. The van der Waals surface area contributed by atoms with E-state index in [0.29, 0.717) is 0 Å². The third-order valence-corrected chi connectivity index (χ3v) is 4.07. The Morgan fingerprint density at radius 1 is 1.53 bits per heavy atom. The molecule has 0 spiro atoms. The Hall–Kier alpha value is -1.03. The van der Waals surface area contributed by atoms with Gasteiger partial charge < -0.3 is 11.1 Å². The highest BCUT2D eigenvalue weighted by Crippen LogP contribution is 2.29. The molecular formula is C13H19BrN2O. The van der Waals surface area contributed by atoms with Gasteiger partial charge in [0.1, 0.15) is 5.54 Å². The maximum Gasteiger partial charge on any atom is 0.243 e. The molecule has 0 saturated carbocycles. The van der Waals surface area contributed by atoms with Crippen LogP contribution < -0.4 is 11.1 Å². The van der Waals surface area contributed by atoms with Crippen LogP contribution in [0.1, 0.15) is 27.2 Å². The maximum absolute atomic E-state index is 11.7. The van der Waals surface area contributed by atoms with Crippen molar-refractivity contribution in [1.29, 1.82) is 0 Å². The first-order chi connectivity index (χ1) is 7.91. The molecule has 0 saturated heterocycles. The summed E-state index contributed by atoms with van der Waals surface area (Å²) < 4.78 is 0.927. The highest BCUT2D eigenvalue weighted by atomic mass is 79.9. The molecule has 0 radical (unpaired) electrons. The van der Waals surface area contributed by atoms with Gasteiger partial charge >= 0.3 is 0 Å². The van der Waals surface area contributed by atoms with E-state index in [0.717, 1.165) is 16.6 Å². The number of rotatable bonds is 5. The van der Waals surface area contributed by atoms with Crippen molar-refractivity contribution >= 4 is 27.5 Å². The fraction of sp³-hybridized carbons (Fsp3) is 0.462. The lowest BCUT2D eigenvalue weighted by Crippen LogP contribution is -2.52. The van der Waals surface area contributed by atoms with Gasteiger partial charge in [0.2, 0.25) is 5.91 Å². The van der Waals surface area contributed by atoms with E-state index in [-0.39, 0.29) is 11.8 Å². The van der Waals surface area contributed by atoms with E-state index in [1.807, 2.05) is 45.0 Å². The average Bonchev–Trinajstić information content (AvgIpc) is 2.30. The smallest absolute Gasteiger partial charge is 0.243 e. The van der Waals surface area contributed by atoms with Crippen LogP contribution in [-0.2, 0) is 4.79 Å². The zero-order chi connectivity index (χ0) is 13.1. The van der Waals surface area contributed by atoms with E-state index in [1.54, 1.807) is 0 Å². The molecule has 1 amide bonds. The molecule has 0 aromatic heterocycles. The molecule has 0 fully saturated rings. The molecule has 4 heteroatoms. The second-order valence-electron chi connectivity index (χ2n) is 4.48. The molecular weight excluding hydrogens is 280 g/mol. The number of para-hydroxylation sites is 1. The molecule has 94 valence electrons. The number of hydrogen-bond acceptors (Lipinski definition) is 2. The van der Waals surface area contributed by atoms with Crippen LogP contribution in [0.4, 0.5) is 5.69 Å². The van der Waals surface area contributed by atoms with Gasteiger partial charge in [0, 0.05) is 10.2 Å². The molecule has 1 aromatic carbocycles. The first-order valence-corrected chi connectivity index (χ1v) is 6.53. The van der Waals surface area contributed by atoms with Crippen LogP contribution in [0.25, 0.3) is 0 Å². The van der Waals surface area contributed by atoms with Gasteiger partial charge in [-0.3, -0.25) is 4.79 Å². The topological polar surface area (TPSA) is 55.1 Å². The molecule has 3 N–H and O–H groups in total. The molecule has 2 atom stereocenters. The molecule has 17 heavy (non-hydrogen) atoms. The Labute approximate surface area is 111 Å². The van der Waals surface area contributed by atoms with E-state index >= 15 is 0 Å². The van der Waals surface area contributed by atoms with E-state index in [2.05, 4.69) is 21.2 Å². The summed E-state index contributed by atoms with van der Waals surface area (Å²) in [7, 11) is 0. The van der Waals surface area contributed by atoms with Crippen molar-refractivity contribution in [2.24, 2.45) is 11.7 Å². The molecule has 1 aromatic rings. The van der Waals surface area contributed by atoms with Gasteiger partial charge in [-0.25, -0.2) is 0 Å². The van der Waals surface area contributed by atoms with E-state index in [9.17, 15) is 4.79 Å². The number of benzene rings is 1. The zero-order valence-corrected chi connectivity index (χ0v) is 12.0. The number of carbonyl (C=O) groups excluding carboxylic acids is 1. The summed E-state index contributed by atoms with van der Waals surface area (Å²) in [6.45, 7) is 5.92. The second-order valence-corrected chi connectivity index (χ2v) is 5.34. The largest absolute Gasteiger partial charge is 0.370 e. The maximum atomic E-state index is 11.7. The lowest BCUT2D eigenvalue weighted by molar-refractivity contribution is -0.123. The number of amides is 1. The van der Waals surface area contributed by atoms with Gasteiger partial charge in [0.05, 0.1) is 0 Å². The van der Waals surface area contributed by atoms with Gasteiger partial charge in [-0.15, -0.1) is 0 Å².